The first-order valence-electron chi connectivity index (χ1n) is 21.1. The minimum atomic E-state index is -1.71. The number of aliphatic hydroxyl groups excluding tert-OH is 11. The van der Waals surface area contributed by atoms with Crippen molar-refractivity contribution in [2.24, 2.45) is 45.3 Å². The van der Waals surface area contributed by atoms with Gasteiger partial charge in [0.1, 0.15) is 48.8 Å². The first kappa shape index (κ1) is 45.7. The van der Waals surface area contributed by atoms with E-state index in [9.17, 15) is 56.2 Å². The van der Waals surface area contributed by atoms with Crippen LogP contribution in [-0.2, 0) is 18.9 Å². The third-order valence-corrected chi connectivity index (χ3v) is 16.7. The monoisotopic (exact) mass is 816 g/mol. The van der Waals surface area contributed by atoms with E-state index in [2.05, 4.69) is 19.9 Å². The first-order chi connectivity index (χ1) is 26.5. The van der Waals surface area contributed by atoms with E-state index in [1.54, 1.807) is 0 Å². The summed E-state index contributed by atoms with van der Waals surface area (Å²) in [5.41, 5.74) is -3.17. The molecule has 330 valence electrons. The molecule has 0 bridgehead atoms. The summed E-state index contributed by atoms with van der Waals surface area (Å²) in [7, 11) is 0. The molecule has 22 atom stereocenters. The van der Waals surface area contributed by atoms with Crippen LogP contribution in [0.5, 0.6) is 0 Å². The van der Waals surface area contributed by atoms with Crippen LogP contribution < -0.4 is 0 Å². The van der Waals surface area contributed by atoms with Gasteiger partial charge in [0.2, 0.25) is 0 Å². The van der Waals surface area contributed by atoms with E-state index in [1.165, 1.54) is 0 Å². The van der Waals surface area contributed by atoms with Gasteiger partial charge in [0.25, 0.3) is 0 Å². The van der Waals surface area contributed by atoms with Crippen molar-refractivity contribution in [1.29, 1.82) is 0 Å². The molecule has 6 aliphatic rings. The maximum Gasteiger partial charge on any atom is 0.187 e. The Morgan fingerprint density at radius 1 is 0.754 bits per heavy atom. The molecule has 2 heterocycles. The summed E-state index contributed by atoms with van der Waals surface area (Å²) in [6.45, 7) is 14.8. The van der Waals surface area contributed by atoms with Gasteiger partial charge in [-0.05, 0) is 99.7 Å². The molecule has 6 fully saturated rings. The van der Waals surface area contributed by atoms with Gasteiger partial charge in [-0.1, -0.05) is 46.3 Å². The van der Waals surface area contributed by atoms with Crippen molar-refractivity contribution in [2.75, 3.05) is 13.2 Å². The zero-order valence-electron chi connectivity index (χ0n) is 34.9. The average molecular weight is 817 g/mol. The summed E-state index contributed by atoms with van der Waals surface area (Å²) in [5.74, 6) is -1.63. The second-order valence-corrected chi connectivity index (χ2v) is 20.3. The zero-order chi connectivity index (χ0) is 42.4. The maximum atomic E-state index is 13.1. The van der Waals surface area contributed by atoms with E-state index in [-0.39, 0.29) is 11.8 Å². The molecule has 0 aromatic heterocycles. The Hall–Kier alpha value is -0.860. The summed E-state index contributed by atoms with van der Waals surface area (Å²) in [4.78, 5) is 0. The van der Waals surface area contributed by atoms with Crippen LogP contribution in [0.2, 0.25) is 0 Å². The lowest BCUT2D eigenvalue weighted by Gasteiger charge is -2.73. The average Bonchev–Trinajstić information content (AvgIpc) is 3.54. The van der Waals surface area contributed by atoms with E-state index in [1.807, 2.05) is 41.5 Å². The number of rotatable bonds is 10. The molecule has 6 rings (SSSR count). The van der Waals surface area contributed by atoms with Crippen LogP contribution in [0.1, 0.15) is 100 Å². The second kappa shape index (κ2) is 16.1. The summed E-state index contributed by atoms with van der Waals surface area (Å²) in [6.07, 6.45) is -13.5. The highest BCUT2D eigenvalue weighted by molar-refractivity contribution is 5.24. The highest BCUT2D eigenvalue weighted by atomic mass is 16.7. The molecular formula is C42H72O15. The van der Waals surface area contributed by atoms with Gasteiger partial charge in [0.05, 0.1) is 43.2 Å². The van der Waals surface area contributed by atoms with E-state index >= 15 is 0 Å². The van der Waals surface area contributed by atoms with Gasteiger partial charge in [-0.2, -0.15) is 0 Å². The third-order valence-electron chi connectivity index (χ3n) is 16.7. The number of aliphatic hydroxyl groups is 11. The van der Waals surface area contributed by atoms with Crippen LogP contribution in [-0.4, -0.2) is 161 Å². The Balaban J connectivity index is 1.42. The lowest BCUT2D eigenvalue weighted by Crippen LogP contribution is -2.76. The molecule has 0 aromatic carbocycles. The lowest BCUT2D eigenvalue weighted by atomic mass is 9.33. The van der Waals surface area contributed by atoms with Gasteiger partial charge < -0.3 is 75.1 Å². The van der Waals surface area contributed by atoms with E-state index in [0.29, 0.717) is 44.9 Å². The normalized spacial score (nSPS) is 53.2. The van der Waals surface area contributed by atoms with Crippen molar-refractivity contribution in [1.82, 2.24) is 0 Å². The van der Waals surface area contributed by atoms with Crippen molar-refractivity contribution < 1.29 is 75.1 Å². The third kappa shape index (κ3) is 7.10. The molecule has 2 aliphatic heterocycles. The Bertz CT molecular complexity index is 1440. The van der Waals surface area contributed by atoms with Crippen LogP contribution >= 0.6 is 0 Å². The van der Waals surface area contributed by atoms with Crippen LogP contribution in [0.15, 0.2) is 11.6 Å². The smallest absolute Gasteiger partial charge is 0.187 e. The Labute approximate surface area is 336 Å². The molecule has 0 spiro atoms. The van der Waals surface area contributed by atoms with Gasteiger partial charge in [0, 0.05) is 11.3 Å². The Morgan fingerprint density at radius 3 is 1.88 bits per heavy atom. The Kier molecular flexibility index (Phi) is 12.9. The molecule has 0 amide bonds. The molecule has 2 saturated heterocycles. The topological polar surface area (TPSA) is 259 Å². The second-order valence-electron chi connectivity index (χ2n) is 20.3. The van der Waals surface area contributed by atoms with Gasteiger partial charge in [-0.3, -0.25) is 0 Å². The first-order valence-corrected chi connectivity index (χ1v) is 21.1. The summed E-state index contributed by atoms with van der Waals surface area (Å²) >= 11 is 0. The van der Waals surface area contributed by atoms with E-state index < -0.39 is 138 Å². The molecule has 4 aliphatic carbocycles. The molecule has 15 nitrogen and oxygen atoms in total. The van der Waals surface area contributed by atoms with Crippen molar-refractivity contribution in [3.63, 3.8) is 0 Å². The van der Waals surface area contributed by atoms with Gasteiger partial charge >= 0.3 is 0 Å². The SMILES string of the molecule is CC(C)=CCC[C@](C)(O[C@@H]1O[C@H](CO)[C@@H](O)[C@H](O)[C@H]1O)[C@@H]1CC[C@]2(C)[C@@H]1[C@H](O)C[C@H]1[C@@]2(C)[C@@H](O)C(O[C@H]2O[C@H](CO)[C@@H](O)[C@H](O)[C@H]2O)C2C(C)(C)[C@@H](O)CC[C@@]21C. The van der Waals surface area contributed by atoms with E-state index in [0.717, 1.165) is 5.57 Å². The minimum Gasteiger partial charge on any atom is -0.394 e. The van der Waals surface area contributed by atoms with Gasteiger partial charge in [0.15, 0.2) is 12.6 Å². The standard InChI is InChI=1S/C42H72O15/c1-19(2)10-9-13-41(7,57-37-32(52)30(50)28(48)23(18-44)55-37)20-11-15-40(6)26(20)21(45)16-24-39(5)14-12-25(46)38(3,4)34(39)33(35(53)42(24,40)8)56-36-31(51)29(49)27(47)22(17-43)54-36/h10,20-37,43-53H,9,11-18H2,1-8H3/t20-,21-,22-,23-,24-,25+,26+,27-,28-,29+,30+,31-,32-,33?,34?,35+,36-,37+,39-,40-,41+,42+/m1/s1. The van der Waals surface area contributed by atoms with Gasteiger partial charge in [-0.25, -0.2) is 0 Å². The fraction of sp³-hybridized carbons (Fsp3) is 0.952. The maximum absolute atomic E-state index is 13.1. The zero-order valence-corrected chi connectivity index (χ0v) is 34.9. The summed E-state index contributed by atoms with van der Waals surface area (Å²) in [6, 6.07) is 0. The van der Waals surface area contributed by atoms with E-state index in [4.69, 9.17) is 18.9 Å². The van der Waals surface area contributed by atoms with Crippen molar-refractivity contribution in [2.45, 2.75) is 192 Å². The number of fused-ring (bicyclic) bond motifs is 5. The van der Waals surface area contributed by atoms with Crippen molar-refractivity contribution in [3.05, 3.63) is 11.6 Å². The molecule has 11 N–H and O–H groups in total. The molecule has 2 unspecified atom stereocenters. The highest BCUT2D eigenvalue weighted by Gasteiger charge is 2.76. The molecule has 57 heavy (non-hydrogen) atoms. The minimum absolute atomic E-state index is 0.273. The largest absolute Gasteiger partial charge is 0.394 e. The molecule has 15 heteroatoms. The predicted molar refractivity (Wildman–Crippen MR) is 204 cm³/mol. The molecule has 0 radical (unpaired) electrons. The Morgan fingerprint density at radius 2 is 1.32 bits per heavy atom. The van der Waals surface area contributed by atoms with Crippen LogP contribution in [0.4, 0.5) is 0 Å². The number of ether oxygens (including phenoxy) is 4. The molecule has 4 saturated carbocycles. The number of hydrogen-bond donors (Lipinski definition) is 11. The van der Waals surface area contributed by atoms with Gasteiger partial charge in [-0.15, -0.1) is 0 Å². The van der Waals surface area contributed by atoms with Crippen LogP contribution in [0.25, 0.3) is 0 Å². The number of allylic oxidation sites excluding steroid dienone is 2. The highest BCUT2D eigenvalue weighted by Crippen LogP contribution is 2.76. The molecular weight excluding hydrogens is 744 g/mol. The molecule has 0 aromatic rings. The fourth-order valence-electron chi connectivity index (χ4n) is 13.4. The summed E-state index contributed by atoms with van der Waals surface area (Å²) < 4.78 is 25.2. The van der Waals surface area contributed by atoms with Crippen LogP contribution in [0.3, 0.4) is 0 Å². The van der Waals surface area contributed by atoms with Crippen LogP contribution in [0, 0.1) is 45.3 Å². The summed E-state index contributed by atoms with van der Waals surface area (Å²) in [5, 5.41) is 122. The predicted octanol–water partition coefficient (Wildman–Crippen LogP) is 0.0906. The quantitative estimate of drug-likeness (QED) is 0.103. The van der Waals surface area contributed by atoms with Crippen molar-refractivity contribution >= 4 is 0 Å². The lowest BCUT2D eigenvalue weighted by molar-refractivity contribution is -0.370. The fourth-order valence-corrected chi connectivity index (χ4v) is 13.4. The number of hydrogen-bond acceptors (Lipinski definition) is 15. The van der Waals surface area contributed by atoms with Crippen molar-refractivity contribution in [3.8, 4) is 0 Å².